The van der Waals surface area contributed by atoms with Crippen LogP contribution in [0.25, 0.3) is 0 Å². The summed E-state index contributed by atoms with van der Waals surface area (Å²) < 4.78 is 5.58. The van der Waals surface area contributed by atoms with E-state index in [0.717, 1.165) is 5.56 Å². The summed E-state index contributed by atoms with van der Waals surface area (Å²) >= 11 is 0. The van der Waals surface area contributed by atoms with E-state index in [-0.39, 0.29) is 11.4 Å². The van der Waals surface area contributed by atoms with Crippen LogP contribution in [0.15, 0.2) is 36.4 Å². The third-order valence-corrected chi connectivity index (χ3v) is 2.93. The predicted octanol–water partition coefficient (Wildman–Crippen LogP) is 3.88. The molecule has 5 heteroatoms. The highest BCUT2D eigenvalue weighted by atomic mass is 16.6. The van der Waals surface area contributed by atoms with Crippen molar-refractivity contribution < 1.29 is 9.66 Å². The summed E-state index contributed by atoms with van der Waals surface area (Å²) in [6, 6.07) is 11.9. The second-order valence-electron chi connectivity index (χ2n) is 4.37. The maximum atomic E-state index is 11.1. The van der Waals surface area contributed by atoms with Crippen molar-refractivity contribution >= 4 is 5.69 Å². The van der Waals surface area contributed by atoms with Gasteiger partial charge in [0.2, 0.25) is 5.75 Å². The Hall–Kier alpha value is -2.87. The van der Waals surface area contributed by atoms with Crippen molar-refractivity contribution in [3.8, 4) is 17.6 Å². The molecule has 0 unspecified atom stereocenters. The summed E-state index contributed by atoms with van der Waals surface area (Å²) in [5.41, 5.74) is 1.81. The minimum absolute atomic E-state index is 0.0467. The first-order chi connectivity index (χ1) is 9.52. The molecule has 0 bridgehead atoms. The van der Waals surface area contributed by atoms with Crippen LogP contribution in [0.5, 0.6) is 11.5 Å². The molecule has 0 aliphatic carbocycles. The number of para-hydroxylation sites is 1. The predicted molar refractivity (Wildman–Crippen MR) is 73.8 cm³/mol. The highest BCUT2D eigenvalue weighted by molar-refractivity contribution is 5.54. The quantitative estimate of drug-likeness (QED) is 0.625. The summed E-state index contributed by atoms with van der Waals surface area (Å²) in [5, 5.41) is 20.0. The average molecular weight is 268 g/mol. The van der Waals surface area contributed by atoms with Crippen LogP contribution in [0.4, 0.5) is 5.69 Å². The van der Waals surface area contributed by atoms with E-state index in [1.54, 1.807) is 50.2 Å². The first-order valence-corrected chi connectivity index (χ1v) is 5.95. The second-order valence-corrected chi connectivity index (χ2v) is 4.37. The summed E-state index contributed by atoms with van der Waals surface area (Å²) in [7, 11) is 0. The number of nitro groups is 1. The highest BCUT2D eigenvalue weighted by Gasteiger charge is 2.18. The van der Waals surface area contributed by atoms with Crippen LogP contribution in [-0.2, 0) is 0 Å². The Labute approximate surface area is 116 Å². The number of aryl methyl sites for hydroxylation is 2. The molecule has 0 amide bonds. The normalized spacial score (nSPS) is 9.85. The van der Waals surface area contributed by atoms with Crippen LogP contribution in [0.1, 0.15) is 16.7 Å². The lowest BCUT2D eigenvalue weighted by molar-refractivity contribution is -0.386. The molecule has 0 N–H and O–H groups in total. The van der Waals surface area contributed by atoms with E-state index in [1.807, 2.05) is 0 Å². The minimum atomic E-state index is -0.457. The van der Waals surface area contributed by atoms with Gasteiger partial charge in [-0.25, -0.2) is 0 Å². The fourth-order valence-corrected chi connectivity index (χ4v) is 1.90. The van der Waals surface area contributed by atoms with Crippen LogP contribution < -0.4 is 4.74 Å². The number of nitrogens with zero attached hydrogens (tertiary/aromatic N) is 2. The summed E-state index contributed by atoms with van der Waals surface area (Å²) in [4.78, 5) is 10.6. The molecule has 5 nitrogen and oxygen atoms in total. The van der Waals surface area contributed by atoms with Crippen molar-refractivity contribution in [1.82, 2.24) is 0 Å². The van der Waals surface area contributed by atoms with E-state index in [2.05, 4.69) is 6.07 Å². The zero-order valence-corrected chi connectivity index (χ0v) is 11.1. The largest absolute Gasteiger partial charge is 0.450 e. The Balaban J connectivity index is 2.41. The number of nitriles is 1. The molecule has 2 rings (SSSR count). The van der Waals surface area contributed by atoms with Gasteiger partial charge in [0, 0.05) is 5.56 Å². The molecule has 0 spiro atoms. The van der Waals surface area contributed by atoms with Crippen LogP contribution in [-0.4, -0.2) is 4.92 Å². The molecule has 2 aromatic rings. The van der Waals surface area contributed by atoms with Gasteiger partial charge >= 0.3 is 5.69 Å². The number of nitro benzene ring substituents is 1. The number of hydrogen-bond acceptors (Lipinski definition) is 4. The highest BCUT2D eigenvalue weighted by Crippen LogP contribution is 2.34. The Bertz CT molecular complexity index is 718. The van der Waals surface area contributed by atoms with Gasteiger partial charge in [-0.1, -0.05) is 12.1 Å². The van der Waals surface area contributed by atoms with Gasteiger partial charge in [0.05, 0.1) is 16.6 Å². The molecule has 100 valence electrons. The molecule has 2 aromatic carbocycles. The van der Waals surface area contributed by atoms with Gasteiger partial charge < -0.3 is 4.74 Å². The molecule has 0 fully saturated rings. The molecule has 0 saturated heterocycles. The van der Waals surface area contributed by atoms with Gasteiger partial charge in [-0.2, -0.15) is 5.26 Å². The van der Waals surface area contributed by atoms with Crippen molar-refractivity contribution in [3.05, 3.63) is 63.2 Å². The standard InChI is InChI=1S/C15H12N2O3/c1-10-4-3-5-14(15(10)17(18)19)20-13-7-6-12(9-16)11(2)8-13/h3-8H,1-2H3. The van der Waals surface area contributed by atoms with Crippen molar-refractivity contribution in [2.24, 2.45) is 0 Å². The smallest absolute Gasteiger partial charge is 0.314 e. The Kier molecular flexibility index (Phi) is 3.67. The molecule has 0 heterocycles. The van der Waals surface area contributed by atoms with Crippen molar-refractivity contribution in [2.45, 2.75) is 13.8 Å². The van der Waals surface area contributed by atoms with Crippen molar-refractivity contribution in [2.75, 3.05) is 0 Å². The van der Waals surface area contributed by atoms with Gasteiger partial charge in [0.1, 0.15) is 5.75 Å². The van der Waals surface area contributed by atoms with Crippen molar-refractivity contribution in [3.63, 3.8) is 0 Å². The molecule has 0 aromatic heterocycles. The number of rotatable bonds is 3. The van der Waals surface area contributed by atoms with Crippen LogP contribution in [0.3, 0.4) is 0 Å². The zero-order valence-electron chi connectivity index (χ0n) is 11.1. The van der Waals surface area contributed by atoms with Crippen molar-refractivity contribution in [1.29, 1.82) is 5.26 Å². The van der Waals surface area contributed by atoms with Gasteiger partial charge in [0.15, 0.2) is 0 Å². The molecule has 0 aliphatic heterocycles. The maximum Gasteiger partial charge on any atom is 0.314 e. The van der Waals surface area contributed by atoms with E-state index >= 15 is 0 Å². The number of benzene rings is 2. The Morgan fingerprint density at radius 1 is 1.20 bits per heavy atom. The monoisotopic (exact) mass is 268 g/mol. The topological polar surface area (TPSA) is 76.2 Å². The van der Waals surface area contributed by atoms with E-state index in [4.69, 9.17) is 10.00 Å². The van der Waals surface area contributed by atoms with E-state index in [0.29, 0.717) is 16.9 Å². The molecular formula is C15H12N2O3. The van der Waals surface area contributed by atoms with Crippen LogP contribution in [0, 0.1) is 35.3 Å². The van der Waals surface area contributed by atoms with Crippen LogP contribution in [0.2, 0.25) is 0 Å². The van der Waals surface area contributed by atoms with Gasteiger partial charge in [-0.05, 0) is 43.7 Å². The SMILES string of the molecule is Cc1cc(Oc2cccc(C)c2[N+](=O)[O-])ccc1C#N. The van der Waals surface area contributed by atoms with E-state index in [1.165, 1.54) is 0 Å². The third kappa shape index (κ3) is 2.59. The van der Waals surface area contributed by atoms with Crippen LogP contribution >= 0.6 is 0 Å². The lowest BCUT2D eigenvalue weighted by Gasteiger charge is -2.08. The second kappa shape index (κ2) is 5.41. The Morgan fingerprint density at radius 3 is 2.55 bits per heavy atom. The first kappa shape index (κ1) is 13.6. The number of ether oxygens (including phenoxy) is 1. The lowest BCUT2D eigenvalue weighted by atomic mass is 10.1. The molecular weight excluding hydrogens is 256 g/mol. The summed E-state index contributed by atoms with van der Waals surface area (Å²) in [6.07, 6.45) is 0. The van der Waals surface area contributed by atoms with Gasteiger partial charge in [-0.3, -0.25) is 10.1 Å². The van der Waals surface area contributed by atoms with E-state index < -0.39 is 4.92 Å². The number of hydrogen-bond donors (Lipinski definition) is 0. The molecule has 0 radical (unpaired) electrons. The molecule has 0 saturated carbocycles. The average Bonchev–Trinajstić information content (AvgIpc) is 2.38. The minimum Gasteiger partial charge on any atom is -0.450 e. The van der Waals surface area contributed by atoms with Gasteiger partial charge in [0.25, 0.3) is 0 Å². The third-order valence-electron chi connectivity index (χ3n) is 2.93. The van der Waals surface area contributed by atoms with E-state index in [9.17, 15) is 10.1 Å². The summed E-state index contributed by atoms with van der Waals surface area (Å²) in [6.45, 7) is 3.45. The molecule has 20 heavy (non-hydrogen) atoms. The zero-order chi connectivity index (χ0) is 14.7. The Morgan fingerprint density at radius 2 is 1.95 bits per heavy atom. The lowest BCUT2D eigenvalue weighted by Crippen LogP contribution is -1.96. The maximum absolute atomic E-state index is 11.1. The molecule has 0 atom stereocenters. The van der Waals surface area contributed by atoms with Gasteiger partial charge in [-0.15, -0.1) is 0 Å². The fourth-order valence-electron chi connectivity index (χ4n) is 1.90. The molecule has 0 aliphatic rings. The fraction of sp³-hybridized carbons (Fsp3) is 0.133. The first-order valence-electron chi connectivity index (χ1n) is 5.95. The summed E-state index contributed by atoms with van der Waals surface area (Å²) in [5.74, 6) is 0.661.